The highest BCUT2D eigenvalue weighted by Gasteiger charge is 2.28. The molecule has 1 unspecified atom stereocenters. The number of rotatable bonds is 4. The second-order valence-corrected chi connectivity index (χ2v) is 3.59. The summed E-state index contributed by atoms with van der Waals surface area (Å²) in [7, 11) is 0. The molecule has 0 radical (unpaired) electrons. The summed E-state index contributed by atoms with van der Waals surface area (Å²) >= 11 is 0. The van der Waals surface area contributed by atoms with Crippen molar-refractivity contribution in [3.8, 4) is 0 Å². The molecule has 0 saturated heterocycles. The van der Waals surface area contributed by atoms with Crippen LogP contribution in [-0.4, -0.2) is 11.1 Å². The van der Waals surface area contributed by atoms with Gasteiger partial charge in [-0.25, -0.2) is 4.39 Å². The van der Waals surface area contributed by atoms with Gasteiger partial charge in [0.05, 0.1) is 12.0 Å². The van der Waals surface area contributed by atoms with Crippen molar-refractivity contribution in [2.75, 3.05) is 0 Å². The molecule has 1 atom stereocenters. The Morgan fingerprint density at radius 1 is 1.47 bits per heavy atom. The van der Waals surface area contributed by atoms with Crippen LogP contribution in [0.3, 0.4) is 0 Å². The third-order valence-corrected chi connectivity index (χ3v) is 2.52. The number of hydrogen-bond donors (Lipinski definition) is 2. The van der Waals surface area contributed by atoms with Gasteiger partial charge in [0.2, 0.25) is 0 Å². The second-order valence-electron chi connectivity index (χ2n) is 3.59. The summed E-state index contributed by atoms with van der Waals surface area (Å²) in [4.78, 5) is 10.7. The Balaban J connectivity index is 3.00. The molecule has 0 aromatic heterocycles. The van der Waals surface area contributed by atoms with Gasteiger partial charge in [-0.15, -0.1) is 0 Å². The normalized spacial score (nSPS) is 14.6. The van der Waals surface area contributed by atoms with Crippen LogP contribution in [0.2, 0.25) is 0 Å². The maximum Gasteiger partial charge on any atom is 0.305 e. The maximum absolute atomic E-state index is 12.7. The first-order valence-corrected chi connectivity index (χ1v) is 4.74. The highest BCUT2D eigenvalue weighted by Crippen LogP contribution is 2.25. The van der Waals surface area contributed by atoms with Crippen LogP contribution in [-0.2, 0) is 10.3 Å². The van der Waals surface area contributed by atoms with E-state index in [1.165, 1.54) is 24.3 Å². The van der Waals surface area contributed by atoms with Crippen LogP contribution in [0.25, 0.3) is 0 Å². The van der Waals surface area contributed by atoms with Gasteiger partial charge >= 0.3 is 5.97 Å². The molecular weight excluding hydrogens is 197 g/mol. The van der Waals surface area contributed by atoms with E-state index in [-0.39, 0.29) is 12.2 Å². The van der Waals surface area contributed by atoms with Gasteiger partial charge in [0.1, 0.15) is 5.82 Å². The molecule has 0 bridgehead atoms. The highest BCUT2D eigenvalue weighted by atomic mass is 19.1. The van der Waals surface area contributed by atoms with Crippen LogP contribution in [0, 0.1) is 5.82 Å². The first-order valence-electron chi connectivity index (χ1n) is 4.74. The van der Waals surface area contributed by atoms with Crippen LogP contribution < -0.4 is 5.73 Å². The summed E-state index contributed by atoms with van der Waals surface area (Å²) in [6, 6.07) is 5.63. The van der Waals surface area contributed by atoms with E-state index in [0.29, 0.717) is 12.0 Å². The summed E-state index contributed by atoms with van der Waals surface area (Å²) < 4.78 is 12.7. The molecule has 3 N–H and O–H groups in total. The number of aliphatic carboxylic acids is 1. The first kappa shape index (κ1) is 11.7. The third kappa shape index (κ3) is 2.76. The topological polar surface area (TPSA) is 63.3 Å². The lowest BCUT2D eigenvalue weighted by Crippen LogP contribution is -2.38. The number of hydrogen-bond acceptors (Lipinski definition) is 2. The molecule has 0 fully saturated rings. The minimum Gasteiger partial charge on any atom is -0.481 e. The molecule has 1 rings (SSSR count). The van der Waals surface area contributed by atoms with E-state index in [4.69, 9.17) is 10.8 Å². The summed E-state index contributed by atoms with van der Waals surface area (Å²) in [5.41, 5.74) is 5.70. The Labute approximate surface area is 87.7 Å². The molecule has 1 aromatic rings. The van der Waals surface area contributed by atoms with Gasteiger partial charge in [-0.2, -0.15) is 0 Å². The Morgan fingerprint density at radius 3 is 2.40 bits per heavy atom. The SMILES string of the molecule is CCC(N)(CC(=O)O)c1ccc(F)cc1. The fourth-order valence-electron chi connectivity index (χ4n) is 1.48. The van der Waals surface area contributed by atoms with Gasteiger partial charge in [-0.3, -0.25) is 4.79 Å². The average Bonchev–Trinajstić information content (AvgIpc) is 2.17. The third-order valence-electron chi connectivity index (χ3n) is 2.52. The van der Waals surface area contributed by atoms with Crippen LogP contribution in [0.1, 0.15) is 25.3 Å². The lowest BCUT2D eigenvalue weighted by Gasteiger charge is -2.26. The molecule has 0 heterocycles. The van der Waals surface area contributed by atoms with E-state index < -0.39 is 11.5 Å². The Kier molecular flexibility index (Phi) is 3.42. The molecule has 0 aliphatic rings. The van der Waals surface area contributed by atoms with Crippen molar-refractivity contribution < 1.29 is 14.3 Å². The Bertz CT molecular complexity index is 350. The predicted octanol–water partition coefficient (Wildman–Crippen LogP) is 1.86. The molecule has 0 amide bonds. The van der Waals surface area contributed by atoms with Crippen LogP contribution >= 0.6 is 0 Å². The predicted molar refractivity (Wildman–Crippen MR) is 54.8 cm³/mol. The largest absolute Gasteiger partial charge is 0.481 e. The van der Waals surface area contributed by atoms with E-state index in [0.717, 1.165) is 0 Å². The van der Waals surface area contributed by atoms with Gasteiger partial charge in [0.15, 0.2) is 0 Å². The minimum atomic E-state index is -0.955. The van der Waals surface area contributed by atoms with Crippen molar-refractivity contribution in [1.29, 1.82) is 0 Å². The fraction of sp³-hybridized carbons (Fsp3) is 0.364. The maximum atomic E-state index is 12.7. The minimum absolute atomic E-state index is 0.158. The summed E-state index contributed by atoms with van der Waals surface area (Å²) in [6.45, 7) is 1.81. The van der Waals surface area contributed by atoms with E-state index in [2.05, 4.69) is 0 Å². The molecule has 0 aliphatic heterocycles. The highest BCUT2D eigenvalue weighted by molar-refractivity contribution is 5.68. The molecule has 0 saturated carbocycles. The summed E-state index contributed by atoms with van der Waals surface area (Å²) in [6.07, 6.45) is 0.333. The van der Waals surface area contributed by atoms with Crippen molar-refractivity contribution >= 4 is 5.97 Å². The summed E-state index contributed by atoms with van der Waals surface area (Å²) in [5, 5.41) is 8.74. The Morgan fingerprint density at radius 2 is 2.00 bits per heavy atom. The molecule has 0 aliphatic carbocycles. The monoisotopic (exact) mass is 211 g/mol. The zero-order chi connectivity index (χ0) is 11.5. The van der Waals surface area contributed by atoms with Gasteiger partial charge in [0.25, 0.3) is 0 Å². The van der Waals surface area contributed by atoms with Crippen molar-refractivity contribution in [3.63, 3.8) is 0 Å². The molecule has 82 valence electrons. The van der Waals surface area contributed by atoms with Gasteiger partial charge in [-0.1, -0.05) is 19.1 Å². The van der Waals surface area contributed by atoms with Gasteiger partial charge < -0.3 is 10.8 Å². The van der Waals surface area contributed by atoms with Crippen LogP contribution in [0.4, 0.5) is 4.39 Å². The molecule has 3 nitrogen and oxygen atoms in total. The van der Waals surface area contributed by atoms with Crippen LogP contribution in [0.15, 0.2) is 24.3 Å². The Hall–Kier alpha value is -1.42. The zero-order valence-electron chi connectivity index (χ0n) is 8.53. The lowest BCUT2D eigenvalue weighted by atomic mass is 9.85. The number of carboxylic acids is 1. The number of benzene rings is 1. The molecule has 15 heavy (non-hydrogen) atoms. The van der Waals surface area contributed by atoms with Crippen molar-refractivity contribution in [2.24, 2.45) is 5.73 Å². The molecular formula is C11H14FNO2. The molecule has 4 heteroatoms. The van der Waals surface area contributed by atoms with Crippen molar-refractivity contribution in [1.82, 2.24) is 0 Å². The first-order chi connectivity index (χ1) is 6.98. The van der Waals surface area contributed by atoms with E-state index in [9.17, 15) is 9.18 Å². The second kappa shape index (κ2) is 4.40. The number of carbonyl (C=O) groups is 1. The number of halogens is 1. The number of carboxylic acid groups (broad SMARTS) is 1. The van der Waals surface area contributed by atoms with E-state index in [1.54, 1.807) is 0 Å². The molecule has 1 aromatic carbocycles. The number of nitrogens with two attached hydrogens (primary N) is 1. The smallest absolute Gasteiger partial charge is 0.305 e. The molecule has 0 spiro atoms. The lowest BCUT2D eigenvalue weighted by molar-refractivity contribution is -0.138. The summed E-state index contributed by atoms with van der Waals surface area (Å²) in [5.74, 6) is -1.31. The fourth-order valence-corrected chi connectivity index (χ4v) is 1.48. The van der Waals surface area contributed by atoms with Gasteiger partial charge in [-0.05, 0) is 24.1 Å². The van der Waals surface area contributed by atoms with Gasteiger partial charge in [0, 0.05) is 0 Å². The van der Waals surface area contributed by atoms with Crippen LogP contribution in [0.5, 0.6) is 0 Å². The quantitative estimate of drug-likeness (QED) is 0.799. The van der Waals surface area contributed by atoms with Crippen molar-refractivity contribution in [2.45, 2.75) is 25.3 Å². The zero-order valence-corrected chi connectivity index (χ0v) is 8.53. The van der Waals surface area contributed by atoms with Crippen molar-refractivity contribution in [3.05, 3.63) is 35.6 Å². The van der Waals surface area contributed by atoms with E-state index >= 15 is 0 Å². The van der Waals surface area contributed by atoms with E-state index in [1.807, 2.05) is 6.92 Å². The standard InChI is InChI=1S/C11H14FNO2/c1-2-11(13,7-10(14)15)8-3-5-9(12)6-4-8/h3-6H,2,7,13H2,1H3,(H,14,15). The average molecular weight is 211 g/mol.